The number of hydrogen-bond donors (Lipinski definition) is 7. The van der Waals surface area contributed by atoms with Crippen molar-refractivity contribution in [1.82, 2.24) is 0 Å². The Balaban J connectivity index is 1.000. The summed E-state index contributed by atoms with van der Waals surface area (Å²) in [7, 11) is 0. The minimum atomic E-state index is -1.79. The van der Waals surface area contributed by atoms with E-state index >= 15 is 0 Å². The van der Waals surface area contributed by atoms with Crippen molar-refractivity contribution in [2.24, 2.45) is 50.2 Å². The molecule has 0 spiro atoms. The van der Waals surface area contributed by atoms with Crippen molar-refractivity contribution in [3.8, 4) is 0 Å². The molecule has 22 atom stereocenters. The van der Waals surface area contributed by atoms with Crippen LogP contribution in [0, 0.1) is 50.2 Å². The number of carbonyl (C=O) groups is 3. The van der Waals surface area contributed by atoms with Gasteiger partial charge in [0, 0.05) is 19.3 Å². The van der Waals surface area contributed by atoms with Crippen LogP contribution >= 0.6 is 0 Å². The van der Waals surface area contributed by atoms with Crippen LogP contribution in [0.2, 0.25) is 0 Å². The fraction of sp³-hybridized carbons (Fsp3) is 0.900. The molecule has 8 aliphatic rings. The van der Waals surface area contributed by atoms with Crippen LogP contribution in [0.3, 0.4) is 0 Å². The van der Waals surface area contributed by atoms with Crippen LogP contribution in [0.4, 0.5) is 0 Å². The molecule has 0 amide bonds. The number of ether oxygens (including phenoxy) is 8. The second-order valence-electron chi connectivity index (χ2n) is 23.6. The van der Waals surface area contributed by atoms with Gasteiger partial charge < -0.3 is 73.6 Å². The zero-order valence-corrected chi connectivity index (χ0v) is 41.2. The number of allylic oxidation sites excluding steroid dienone is 2. The van der Waals surface area contributed by atoms with Crippen LogP contribution in [0.25, 0.3) is 0 Å². The first-order valence-electron chi connectivity index (χ1n) is 24.9. The lowest BCUT2D eigenvalue weighted by Crippen LogP contribution is -2.67. The third-order valence-corrected chi connectivity index (χ3v) is 19.3. The topological polar surface area (TPSA) is 267 Å². The monoisotopic (exact) mass is 967 g/mol. The van der Waals surface area contributed by atoms with E-state index in [4.69, 9.17) is 37.9 Å². The largest absolute Gasteiger partial charge is 0.481 e. The van der Waals surface area contributed by atoms with Gasteiger partial charge in [-0.05, 0) is 111 Å². The maximum absolute atomic E-state index is 13.2. The summed E-state index contributed by atoms with van der Waals surface area (Å²) < 4.78 is 47.1. The molecule has 0 radical (unpaired) electrons. The van der Waals surface area contributed by atoms with Crippen LogP contribution in [0.15, 0.2) is 11.6 Å². The lowest BCUT2D eigenvalue weighted by Gasteiger charge is -2.71. The number of fused-ring (bicyclic) bond motifs is 7. The van der Waals surface area contributed by atoms with E-state index in [1.165, 1.54) is 19.4 Å². The highest BCUT2D eigenvalue weighted by Gasteiger charge is 2.70. The van der Waals surface area contributed by atoms with Gasteiger partial charge >= 0.3 is 17.9 Å². The number of hydrogen-bond acceptors (Lipinski definition) is 17. The highest BCUT2D eigenvalue weighted by atomic mass is 16.8. The van der Waals surface area contributed by atoms with Crippen molar-refractivity contribution in [3.05, 3.63) is 11.6 Å². The van der Waals surface area contributed by atoms with Gasteiger partial charge in [-0.1, -0.05) is 53.2 Å². The van der Waals surface area contributed by atoms with Crippen molar-refractivity contribution >= 4 is 17.9 Å². The van der Waals surface area contributed by atoms with Gasteiger partial charge in [0.25, 0.3) is 0 Å². The van der Waals surface area contributed by atoms with Crippen molar-refractivity contribution in [2.45, 2.75) is 213 Å². The number of aliphatic hydroxyl groups excluding tert-OH is 6. The Morgan fingerprint density at radius 2 is 1.40 bits per heavy atom. The molecule has 68 heavy (non-hydrogen) atoms. The molecule has 7 fully saturated rings. The Morgan fingerprint density at radius 1 is 0.735 bits per heavy atom. The van der Waals surface area contributed by atoms with Crippen molar-refractivity contribution in [3.63, 3.8) is 0 Å². The summed E-state index contributed by atoms with van der Waals surface area (Å²) in [4.78, 5) is 36.6. The summed E-state index contributed by atoms with van der Waals surface area (Å²) in [6, 6.07) is 0. The summed E-state index contributed by atoms with van der Waals surface area (Å²) >= 11 is 0. The standard InChI is InChI=1S/C50H78O18/c1-24-34(55)39(67-42-36(57)38(64-26(3)53)30(65-42)22-61-25(2)52)37(58)41(63-24)68-40-35(56)29(54)21-62-43(40)66-33-13-14-46(6)31(47(33,7)23-51)12-15-49(9)32(46)11-10-27-28-20-45(4,5)16-18-50(28,44(59)60)19-17-48(27,49)8/h10,24,28-43,51,54-58H,11-23H2,1-9H3,(H,59,60)/t24-,28-,29-,30+,31+,32-,33-,34-,35-,36+,37+,38-,39+,40+,41-,42-,43-,46-,47-,48+,49+,50-/m0/s1. The summed E-state index contributed by atoms with van der Waals surface area (Å²) in [5.74, 6) is -1.80. The number of aliphatic hydroxyl groups is 6. The minimum Gasteiger partial charge on any atom is -0.481 e. The molecule has 0 aromatic rings. The molecular formula is C50H78O18. The number of carboxylic acid groups (broad SMARTS) is 1. The molecule has 3 aliphatic heterocycles. The van der Waals surface area contributed by atoms with Gasteiger partial charge in [-0.2, -0.15) is 0 Å². The highest BCUT2D eigenvalue weighted by molar-refractivity contribution is 5.76. The van der Waals surface area contributed by atoms with Crippen LogP contribution in [-0.4, -0.2) is 159 Å². The molecule has 8 rings (SSSR count). The lowest BCUT2D eigenvalue weighted by atomic mass is 9.33. The molecule has 4 saturated carbocycles. The maximum Gasteiger partial charge on any atom is 0.310 e. The van der Waals surface area contributed by atoms with E-state index < -0.39 is 121 Å². The number of carboxylic acids is 1. The smallest absolute Gasteiger partial charge is 0.310 e. The van der Waals surface area contributed by atoms with Gasteiger partial charge in [0.1, 0.15) is 55.4 Å². The highest BCUT2D eigenvalue weighted by Crippen LogP contribution is 2.76. The first-order valence-corrected chi connectivity index (χ1v) is 24.9. The summed E-state index contributed by atoms with van der Waals surface area (Å²) in [6.45, 7) is 16.7. The van der Waals surface area contributed by atoms with Gasteiger partial charge in [0.05, 0.1) is 30.8 Å². The summed E-state index contributed by atoms with van der Waals surface area (Å²) in [5, 5.41) is 78.7. The third-order valence-electron chi connectivity index (χ3n) is 19.3. The van der Waals surface area contributed by atoms with Gasteiger partial charge in [0.2, 0.25) is 0 Å². The number of esters is 2. The van der Waals surface area contributed by atoms with Crippen molar-refractivity contribution in [2.75, 3.05) is 19.8 Å². The molecule has 0 aromatic carbocycles. The molecule has 18 heteroatoms. The summed E-state index contributed by atoms with van der Waals surface area (Å²) in [5.41, 5.74) is -0.640. The van der Waals surface area contributed by atoms with Crippen molar-refractivity contribution < 1.29 is 88.0 Å². The van der Waals surface area contributed by atoms with Gasteiger partial charge in [0.15, 0.2) is 25.0 Å². The fourth-order valence-corrected chi connectivity index (χ4v) is 15.1. The quantitative estimate of drug-likeness (QED) is 0.0891. The Kier molecular flexibility index (Phi) is 14.2. The average molecular weight is 967 g/mol. The SMILES string of the molecule is CC(=O)OC[C@H]1O[C@@H](O[C@@H]2[C@@H](O)[C@H](C)O[C@@H](O[C@H]3[C@H](O[C@H]4CC[C@@]5(C)[C@@H](CC[C@]6(C)[C@H]5CC=C5[C@@H]7CC(C)(C)CC[C@]7(C(=O)O)CC[C@]56C)[C@]4(C)CO)OC[C@H](O)[C@@H]3O)[C@@H]2O)[C@H](O)[C@H]1OC(C)=O. The molecule has 386 valence electrons. The zero-order chi connectivity index (χ0) is 49.7. The average Bonchev–Trinajstić information content (AvgIpc) is 3.55. The van der Waals surface area contributed by atoms with Gasteiger partial charge in [-0.15, -0.1) is 0 Å². The van der Waals surface area contributed by atoms with Gasteiger partial charge in [-0.25, -0.2) is 0 Å². The molecule has 5 aliphatic carbocycles. The second-order valence-corrected chi connectivity index (χ2v) is 23.6. The van der Waals surface area contributed by atoms with E-state index in [1.807, 2.05) is 6.92 Å². The molecule has 0 aromatic heterocycles. The Labute approximate surface area is 399 Å². The predicted octanol–water partition coefficient (Wildman–Crippen LogP) is 3.13. The molecule has 3 saturated heterocycles. The lowest BCUT2D eigenvalue weighted by molar-refractivity contribution is -0.374. The molecule has 18 nitrogen and oxygen atoms in total. The fourth-order valence-electron chi connectivity index (χ4n) is 15.1. The maximum atomic E-state index is 13.2. The normalized spacial score (nSPS) is 50.9. The predicted molar refractivity (Wildman–Crippen MR) is 238 cm³/mol. The van der Waals surface area contributed by atoms with E-state index in [0.29, 0.717) is 19.3 Å². The first-order chi connectivity index (χ1) is 31.8. The van der Waals surface area contributed by atoms with Crippen LogP contribution in [-0.2, 0) is 52.3 Å². The minimum absolute atomic E-state index is 0.00711. The number of carbonyl (C=O) groups excluding carboxylic acids is 2. The molecule has 7 N–H and O–H groups in total. The third kappa shape index (κ3) is 8.49. The Bertz CT molecular complexity index is 1930. The molecule has 3 heterocycles. The van der Waals surface area contributed by atoms with Crippen LogP contribution < -0.4 is 0 Å². The number of rotatable bonds is 11. The van der Waals surface area contributed by atoms with Crippen LogP contribution in [0.1, 0.15) is 127 Å². The van der Waals surface area contributed by atoms with E-state index in [-0.39, 0.29) is 52.6 Å². The molecular weight excluding hydrogens is 889 g/mol. The van der Waals surface area contributed by atoms with Crippen LogP contribution in [0.5, 0.6) is 0 Å². The van der Waals surface area contributed by atoms with E-state index in [9.17, 15) is 50.1 Å². The molecule has 0 unspecified atom stereocenters. The van der Waals surface area contributed by atoms with E-state index in [1.54, 1.807) is 0 Å². The van der Waals surface area contributed by atoms with Gasteiger partial charge in [-0.3, -0.25) is 14.4 Å². The van der Waals surface area contributed by atoms with E-state index in [0.717, 1.165) is 51.9 Å². The zero-order valence-electron chi connectivity index (χ0n) is 41.2. The number of aliphatic carboxylic acids is 1. The van der Waals surface area contributed by atoms with Crippen molar-refractivity contribution in [1.29, 1.82) is 0 Å². The molecule has 0 bridgehead atoms. The Hall–Kier alpha value is -2.33. The van der Waals surface area contributed by atoms with E-state index in [2.05, 4.69) is 40.7 Å². The first kappa shape index (κ1) is 52.0. The summed E-state index contributed by atoms with van der Waals surface area (Å²) in [6.07, 6.45) is -9.29. The Morgan fingerprint density at radius 3 is 2.06 bits per heavy atom. The second kappa shape index (κ2) is 18.6.